The molecule has 148 valence electrons. The van der Waals surface area contributed by atoms with E-state index in [1.54, 1.807) is 20.3 Å². The Bertz CT molecular complexity index is 1100. The number of hydrogen-bond acceptors (Lipinski definition) is 4. The molecule has 1 amide bonds. The predicted molar refractivity (Wildman–Crippen MR) is 112 cm³/mol. The summed E-state index contributed by atoms with van der Waals surface area (Å²) in [5.74, 6) is -0.205. The smallest absolute Gasteiger partial charge is 0.352 e. The van der Waals surface area contributed by atoms with Gasteiger partial charge in [0.2, 0.25) is 5.91 Å². The van der Waals surface area contributed by atoms with E-state index >= 15 is 0 Å². The summed E-state index contributed by atoms with van der Waals surface area (Å²) in [6, 6.07) is 17.1. The summed E-state index contributed by atoms with van der Waals surface area (Å²) in [6.07, 6.45) is 1.43. The minimum atomic E-state index is -1.20. The van der Waals surface area contributed by atoms with Crippen molar-refractivity contribution in [3.05, 3.63) is 65.9 Å². The van der Waals surface area contributed by atoms with Crippen LogP contribution in [0, 0.1) is 0 Å². The van der Waals surface area contributed by atoms with Crippen LogP contribution < -0.4 is 14.8 Å². The third-order valence-electron chi connectivity index (χ3n) is 4.43. The van der Waals surface area contributed by atoms with Gasteiger partial charge in [-0.2, -0.15) is 0 Å². The fourth-order valence-corrected chi connectivity index (χ4v) is 3.15. The number of amides is 1. The number of hydrogen-bond donors (Lipinski definition) is 2. The lowest BCUT2D eigenvalue weighted by Gasteiger charge is -2.14. The van der Waals surface area contributed by atoms with Crippen molar-refractivity contribution < 1.29 is 24.2 Å². The molecular weight excluding hydrogens is 370 g/mol. The SMILES string of the molecule is COc1cccc(OC)c1-c1ccc2cc(C=C(NC(C)=O)C(=O)O)ccc2c1. The molecule has 0 aliphatic heterocycles. The molecule has 3 aromatic rings. The number of fused-ring (bicyclic) bond motifs is 1. The lowest BCUT2D eigenvalue weighted by Crippen LogP contribution is -2.24. The molecule has 2 N–H and O–H groups in total. The molecule has 0 saturated carbocycles. The van der Waals surface area contributed by atoms with Crippen LogP contribution in [0.4, 0.5) is 0 Å². The molecule has 3 aromatic carbocycles. The highest BCUT2D eigenvalue weighted by Crippen LogP contribution is 2.39. The fraction of sp³-hybridized carbons (Fsp3) is 0.130. The molecule has 0 aliphatic rings. The number of aliphatic carboxylic acids is 1. The minimum absolute atomic E-state index is 0.174. The first-order valence-corrected chi connectivity index (χ1v) is 8.90. The third kappa shape index (κ3) is 4.38. The van der Waals surface area contributed by atoms with Gasteiger partial charge in [-0.3, -0.25) is 4.79 Å². The third-order valence-corrected chi connectivity index (χ3v) is 4.43. The number of benzene rings is 3. The number of carboxylic acids is 1. The Morgan fingerprint density at radius 2 is 1.55 bits per heavy atom. The first-order chi connectivity index (χ1) is 13.9. The number of methoxy groups -OCH3 is 2. The van der Waals surface area contributed by atoms with Gasteiger partial charge in [-0.15, -0.1) is 0 Å². The van der Waals surface area contributed by atoms with Crippen molar-refractivity contribution in [3.8, 4) is 22.6 Å². The number of rotatable bonds is 6. The van der Waals surface area contributed by atoms with Crippen LogP contribution in [0.15, 0.2) is 60.3 Å². The molecule has 6 heteroatoms. The van der Waals surface area contributed by atoms with Crippen LogP contribution >= 0.6 is 0 Å². The van der Waals surface area contributed by atoms with Gasteiger partial charge in [0.15, 0.2) is 0 Å². The second-order valence-electron chi connectivity index (χ2n) is 6.40. The summed E-state index contributed by atoms with van der Waals surface area (Å²) in [6.45, 7) is 1.27. The van der Waals surface area contributed by atoms with E-state index in [0.29, 0.717) is 17.1 Å². The molecule has 0 heterocycles. The van der Waals surface area contributed by atoms with Gasteiger partial charge >= 0.3 is 5.97 Å². The van der Waals surface area contributed by atoms with E-state index in [2.05, 4.69) is 5.32 Å². The van der Waals surface area contributed by atoms with Crippen LogP contribution in [0.3, 0.4) is 0 Å². The zero-order chi connectivity index (χ0) is 21.0. The van der Waals surface area contributed by atoms with Gasteiger partial charge in [0, 0.05) is 6.92 Å². The van der Waals surface area contributed by atoms with Crippen molar-refractivity contribution >= 4 is 28.7 Å². The second-order valence-corrected chi connectivity index (χ2v) is 6.40. The van der Waals surface area contributed by atoms with Gasteiger partial charge in [0.25, 0.3) is 0 Å². The second kappa shape index (κ2) is 8.48. The van der Waals surface area contributed by atoms with E-state index in [9.17, 15) is 14.7 Å². The zero-order valence-corrected chi connectivity index (χ0v) is 16.4. The van der Waals surface area contributed by atoms with E-state index in [-0.39, 0.29) is 5.70 Å². The fourth-order valence-electron chi connectivity index (χ4n) is 3.15. The number of ether oxygens (including phenoxy) is 2. The Morgan fingerprint density at radius 1 is 0.931 bits per heavy atom. The van der Waals surface area contributed by atoms with Gasteiger partial charge in [-0.05, 0) is 52.2 Å². The topological polar surface area (TPSA) is 84.9 Å². The number of carbonyl (C=O) groups excluding carboxylic acids is 1. The average molecular weight is 391 g/mol. The molecule has 0 saturated heterocycles. The van der Waals surface area contributed by atoms with Gasteiger partial charge in [0.05, 0.1) is 19.8 Å². The summed E-state index contributed by atoms with van der Waals surface area (Å²) in [5.41, 5.74) is 2.31. The predicted octanol–water partition coefficient (Wildman–Crippen LogP) is 4.09. The monoisotopic (exact) mass is 391 g/mol. The number of nitrogens with one attached hydrogen (secondary N) is 1. The van der Waals surface area contributed by atoms with Crippen molar-refractivity contribution in [2.75, 3.05) is 14.2 Å². The molecule has 0 aromatic heterocycles. The van der Waals surface area contributed by atoms with E-state index in [1.165, 1.54) is 13.0 Å². The quantitative estimate of drug-likeness (QED) is 0.619. The Hall–Kier alpha value is -3.80. The highest BCUT2D eigenvalue weighted by atomic mass is 16.5. The Kier molecular flexibility index (Phi) is 5.83. The Labute approximate surface area is 168 Å². The highest BCUT2D eigenvalue weighted by Gasteiger charge is 2.13. The summed E-state index contributed by atoms with van der Waals surface area (Å²) in [4.78, 5) is 22.5. The maximum absolute atomic E-state index is 11.3. The Morgan fingerprint density at radius 3 is 2.14 bits per heavy atom. The molecule has 0 unspecified atom stereocenters. The molecule has 3 rings (SSSR count). The molecule has 0 radical (unpaired) electrons. The first-order valence-electron chi connectivity index (χ1n) is 8.90. The van der Waals surface area contributed by atoms with Crippen LogP contribution in [0.1, 0.15) is 12.5 Å². The molecule has 0 atom stereocenters. The van der Waals surface area contributed by atoms with Gasteiger partial charge in [0.1, 0.15) is 17.2 Å². The highest BCUT2D eigenvalue weighted by molar-refractivity contribution is 5.97. The standard InChI is InChI=1S/C23H21NO5/c1-14(25)24-19(23(26)27)12-15-7-8-17-13-18(10-9-16(17)11-15)22-20(28-2)5-4-6-21(22)29-3/h4-13H,1-3H3,(H,24,25)(H,26,27). The molecule has 0 aliphatic carbocycles. The van der Waals surface area contributed by atoms with Crippen molar-refractivity contribution in [2.24, 2.45) is 0 Å². The van der Waals surface area contributed by atoms with Gasteiger partial charge in [-0.25, -0.2) is 4.79 Å². The molecule has 6 nitrogen and oxygen atoms in total. The molecule has 0 fully saturated rings. The van der Waals surface area contributed by atoms with E-state index in [1.807, 2.05) is 48.5 Å². The maximum atomic E-state index is 11.3. The van der Waals surface area contributed by atoms with Crippen molar-refractivity contribution in [1.82, 2.24) is 5.32 Å². The van der Waals surface area contributed by atoms with E-state index in [0.717, 1.165) is 21.9 Å². The van der Waals surface area contributed by atoms with Crippen molar-refractivity contribution in [2.45, 2.75) is 6.92 Å². The van der Waals surface area contributed by atoms with Gasteiger partial charge < -0.3 is 19.9 Å². The zero-order valence-electron chi connectivity index (χ0n) is 16.4. The lowest BCUT2D eigenvalue weighted by molar-refractivity contribution is -0.134. The summed E-state index contributed by atoms with van der Waals surface area (Å²) in [5, 5.41) is 13.5. The van der Waals surface area contributed by atoms with Crippen molar-refractivity contribution in [3.63, 3.8) is 0 Å². The molecular formula is C23H21NO5. The maximum Gasteiger partial charge on any atom is 0.352 e. The van der Waals surface area contributed by atoms with Gasteiger partial charge in [-0.1, -0.05) is 30.3 Å². The summed E-state index contributed by atoms with van der Waals surface area (Å²) >= 11 is 0. The Balaban J connectivity index is 2.05. The molecule has 29 heavy (non-hydrogen) atoms. The largest absolute Gasteiger partial charge is 0.496 e. The van der Waals surface area contributed by atoms with Crippen LogP contribution in [0.2, 0.25) is 0 Å². The van der Waals surface area contributed by atoms with Crippen LogP contribution in [-0.2, 0) is 9.59 Å². The van der Waals surface area contributed by atoms with Crippen LogP contribution in [-0.4, -0.2) is 31.2 Å². The van der Waals surface area contributed by atoms with E-state index < -0.39 is 11.9 Å². The minimum Gasteiger partial charge on any atom is -0.496 e. The molecule has 0 bridgehead atoms. The number of carboxylic acid groups (broad SMARTS) is 1. The lowest BCUT2D eigenvalue weighted by atomic mass is 9.98. The number of carbonyl (C=O) groups is 2. The molecule has 0 spiro atoms. The van der Waals surface area contributed by atoms with E-state index in [4.69, 9.17) is 9.47 Å². The van der Waals surface area contributed by atoms with Crippen molar-refractivity contribution in [1.29, 1.82) is 0 Å². The summed E-state index contributed by atoms with van der Waals surface area (Å²) < 4.78 is 11.0. The van der Waals surface area contributed by atoms with Crippen LogP contribution in [0.25, 0.3) is 28.0 Å². The first kappa shape index (κ1) is 19.9. The average Bonchev–Trinajstić information content (AvgIpc) is 2.71. The summed E-state index contributed by atoms with van der Waals surface area (Å²) in [7, 11) is 3.24. The normalized spacial score (nSPS) is 11.2. The van der Waals surface area contributed by atoms with Crippen LogP contribution in [0.5, 0.6) is 11.5 Å².